The standard InChI is InChI=1S/C21H32O8/c1-11-5-4-7-20(3)8-6-13(12(2)18(26)27)9-21(11,20)29-19-17(25)16(24)15(23)14(10-22)28-19/h5,13-17,19,22-25H,2,4,6-10H2,1,3H3,(H,26,27)/t13-,14-,15+,16+,17-,19+,20-,21-/m1/s1. The zero-order valence-electron chi connectivity index (χ0n) is 17.0. The first-order valence-corrected chi connectivity index (χ1v) is 10.1. The second-order valence-electron chi connectivity index (χ2n) is 8.90. The lowest BCUT2D eigenvalue weighted by Crippen LogP contribution is -2.64. The van der Waals surface area contributed by atoms with Crippen LogP contribution in [0.2, 0.25) is 0 Å². The van der Waals surface area contributed by atoms with Crippen LogP contribution in [0.3, 0.4) is 0 Å². The van der Waals surface area contributed by atoms with Crippen molar-refractivity contribution in [2.45, 2.75) is 82.3 Å². The smallest absolute Gasteiger partial charge is 0.331 e. The molecule has 0 radical (unpaired) electrons. The molecule has 1 heterocycles. The maximum Gasteiger partial charge on any atom is 0.331 e. The third-order valence-corrected chi connectivity index (χ3v) is 7.27. The average molecular weight is 412 g/mol. The monoisotopic (exact) mass is 412 g/mol. The molecule has 0 spiro atoms. The van der Waals surface area contributed by atoms with Gasteiger partial charge in [-0.3, -0.25) is 0 Å². The van der Waals surface area contributed by atoms with Crippen LogP contribution in [0.5, 0.6) is 0 Å². The number of hydrogen-bond donors (Lipinski definition) is 5. The van der Waals surface area contributed by atoms with Crippen LogP contribution in [0.15, 0.2) is 23.8 Å². The lowest BCUT2D eigenvalue weighted by atomic mass is 9.54. The van der Waals surface area contributed by atoms with Gasteiger partial charge in [0.1, 0.15) is 24.4 Å². The van der Waals surface area contributed by atoms with Gasteiger partial charge in [0.15, 0.2) is 6.29 Å². The van der Waals surface area contributed by atoms with Crippen molar-refractivity contribution >= 4 is 5.97 Å². The predicted molar refractivity (Wildman–Crippen MR) is 103 cm³/mol. The summed E-state index contributed by atoms with van der Waals surface area (Å²) in [5.74, 6) is -1.34. The molecule has 0 unspecified atom stereocenters. The van der Waals surface area contributed by atoms with Gasteiger partial charge in [-0.2, -0.15) is 0 Å². The third kappa shape index (κ3) is 3.66. The van der Waals surface area contributed by atoms with Gasteiger partial charge in [-0.25, -0.2) is 4.79 Å². The molecular formula is C21H32O8. The van der Waals surface area contributed by atoms with Gasteiger partial charge in [-0.05, 0) is 50.5 Å². The van der Waals surface area contributed by atoms with Crippen molar-refractivity contribution < 1.29 is 39.8 Å². The molecule has 2 aliphatic carbocycles. The minimum absolute atomic E-state index is 0.127. The van der Waals surface area contributed by atoms with E-state index in [2.05, 4.69) is 19.6 Å². The van der Waals surface area contributed by atoms with Crippen LogP contribution in [-0.2, 0) is 14.3 Å². The summed E-state index contributed by atoms with van der Waals surface area (Å²) in [5, 5.41) is 49.6. The van der Waals surface area contributed by atoms with E-state index in [0.717, 1.165) is 18.4 Å². The fourth-order valence-electron chi connectivity index (χ4n) is 5.24. The summed E-state index contributed by atoms with van der Waals surface area (Å²) in [6, 6.07) is 0. The van der Waals surface area contributed by atoms with Crippen molar-refractivity contribution in [2.24, 2.45) is 11.3 Å². The summed E-state index contributed by atoms with van der Waals surface area (Å²) >= 11 is 0. The Kier molecular flexibility index (Phi) is 6.25. The van der Waals surface area contributed by atoms with E-state index >= 15 is 0 Å². The van der Waals surface area contributed by atoms with E-state index in [1.165, 1.54) is 0 Å². The summed E-state index contributed by atoms with van der Waals surface area (Å²) in [5.41, 5.74) is -0.187. The Morgan fingerprint density at radius 3 is 2.59 bits per heavy atom. The molecule has 0 amide bonds. The van der Waals surface area contributed by atoms with Gasteiger partial charge >= 0.3 is 5.97 Å². The highest BCUT2D eigenvalue weighted by Gasteiger charge is 2.58. The fourth-order valence-corrected chi connectivity index (χ4v) is 5.24. The highest BCUT2D eigenvalue weighted by atomic mass is 16.7. The minimum atomic E-state index is -1.53. The minimum Gasteiger partial charge on any atom is -0.478 e. The lowest BCUT2D eigenvalue weighted by Gasteiger charge is -2.58. The number of hydrogen-bond acceptors (Lipinski definition) is 7. The van der Waals surface area contributed by atoms with Crippen LogP contribution in [0.4, 0.5) is 0 Å². The molecule has 164 valence electrons. The number of rotatable bonds is 5. The molecule has 1 saturated carbocycles. The number of aliphatic hydroxyl groups excluding tert-OH is 4. The molecule has 8 heteroatoms. The van der Waals surface area contributed by atoms with Crippen molar-refractivity contribution in [2.75, 3.05) is 6.61 Å². The lowest BCUT2D eigenvalue weighted by molar-refractivity contribution is -0.340. The van der Waals surface area contributed by atoms with Crippen molar-refractivity contribution in [3.63, 3.8) is 0 Å². The fraction of sp³-hybridized carbons (Fsp3) is 0.762. The van der Waals surface area contributed by atoms with Gasteiger partial charge in [0.05, 0.1) is 12.2 Å². The van der Waals surface area contributed by atoms with E-state index in [-0.39, 0.29) is 16.9 Å². The molecule has 2 fully saturated rings. The summed E-state index contributed by atoms with van der Waals surface area (Å²) in [6.45, 7) is 7.22. The van der Waals surface area contributed by atoms with Crippen LogP contribution in [0.1, 0.15) is 46.0 Å². The number of carboxylic acid groups (broad SMARTS) is 1. The molecule has 1 aliphatic heterocycles. The van der Waals surface area contributed by atoms with Crippen molar-refractivity contribution in [3.8, 4) is 0 Å². The SMILES string of the molecule is C=C(C(=O)O)[C@@H]1CC[C@@]2(C)CCC=C(C)[C@]2(O[C@@H]2O[C@H](CO)[C@H](O)[C@H](O)[C@H]2O)C1. The van der Waals surface area contributed by atoms with Crippen molar-refractivity contribution in [3.05, 3.63) is 23.8 Å². The van der Waals surface area contributed by atoms with Gasteiger partial charge in [0.25, 0.3) is 0 Å². The quantitative estimate of drug-likeness (QED) is 0.329. The van der Waals surface area contributed by atoms with Gasteiger partial charge in [0.2, 0.25) is 0 Å². The first kappa shape index (κ1) is 22.4. The number of fused-ring (bicyclic) bond motifs is 1. The first-order chi connectivity index (χ1) is 13.6. The highest BCUT2D eigenvalue weighted by molar-refractivity contribution is 5.86. The zero-order valence-corrected chi connectivity index (χ0v) is 17.0. The molecule has 3 aliphatic rings. The van der Waals surface area contributed by atoms with Crippen molar-refractivity contribution in [1.29, 1.82) is 0 Å². The third-order valence-electron chi connectivity index (χ3n) is 7.27. The molecule has 5 N–H and O–H groups in total. The Bertz CT molecular complexity index is 688. The van der Waals surface area contributed by atoms with Gasteiger partial charge in [-0.15, -0.1) is 0 Å². The van der Waals surface area contributed by atoms with E-state index in [4.69, 9.17) is 9.47 Å². The Morgan fingerprint density at radius 1 is 1.28 bits per heavy atom. The molecule has 8 nitrogen and oxygen atoms in total. The second kappa shape index (κ2) is 8.09. The maximum absolute atomic E-state index is 11.5. The molecule has 8 atom stereocenters. The van der Waals surface area contributed by atoms with Crippen LogP contribution < -0.4 is 0 Å². The second-order valence-corrected chi connectivity index (χ2v) is 8.90. The molecule has 0 aromatic rings. The van der Waals surface area contributed by atoms with Gasteiger partial charge in [0, 0.05) is 11.0 Å². The predicted octanol–water partition coefficient (Wildman–Crippen LogP) is 0.729. The number of ether oxygens (including phenoxy) is 2. The number of aliphatic hydroxyl groups is 4. The largest absolute Gasteiger partial charge is 0.478 e. The summed E-state index contributed by atoms with van der Waals surface area (Å²) in [6.07, 6.45) is -1.34. The molecule has 3 rings (SSSR count). The van der Waals surface area contributed by atoms with E-state index < -0.39 is 48.9 Å². The van der Waals surface area contributed by atoms with Gasteiger partial charge in [-0.1, -0.05) is 19.6 Å². The van der Waals surface area contributed by atoms with Crippen LogP contribution >= 0.6 is 0 Å². The molecular weight excluding hydrogens is 380 g/mol. The van der Waals surface area contributed by atoms with Gasteiger partial charge < -0.3 is 35.0 Å². The van der Waals surface area contributed by atoms with Crippen LogP contribution in [0.25, 0.3) is 0 Å². The van der Waals surface area contributed by atoms with Crippen LogP contribution in [-0.4, -0.2) is 74.4 Å². The molecule has 1 saturated heterocycles. The first-order valence-electron chi connectivity index (χ1n) is 10.1. The Hall–Kier alpha value is -1.29. The summed E-state index contributed by atoms with van der Waals surface area (Å²) in [7, 11) is 0. The maximum atomic E-state index is 11.5. The van der Waals surface area contributed by atoms with E-state index in [9.17, 15) is 30.3 Å². The van der Waals surface area contributed by atoms with E-state index in [1.54, 1.807) is 0 Å². The Morgan fingerprint density at radius 2 is 1.97 bits per heavy atom. The Labute approximate surface area is 170 Å². The topological polar surface area (TPSA) is 137 Å². The Balaban J connectivity index is 1.96. The molecule has 29 heavy (non-hydrogen) atoms. The number of carbonyl (C=O) groups is 1. The normalized spacial score (nSPS) is 45.2. The average Bonchev–Trinajstić information content (AvgIpc) is 2.68. The van der Waals surface area contributed by atoms with Crippen LogP contribution in [0, 0.1) is 11.3 Å². The zero-order chi connectivity index (χ0) is 21.6. The van der Waals surface area contributed by atoms with Crippen molar-refractivity contribution in [1.82, 2.24) is 0 Å². The number of carboxylic acids is 1. The molecule has 0 aromatic heterocycles. The number of allylic oxidation sites excluding steroid dienone is 1. The van der Waals surface area contributed by atoms with E-state index in [0.29, 0.717) is 19.3 Å². The summed E-state index contributed by atoms with van der Waals surface area (Å²) < 4.78 is 12.0. The molecule has 0 bridgehead atoms. The molecule has 0 aromatic carbocycles. The number of aliphatic carboxylic acids is 1. The highest BCUT2D eigenvalue weighted by Crippen LogP contribution is 2.58. The summed E-state index contributed by atoms with van der Waals surface area (Å²) in [4.78, 5) is 11.5. The van der Waals surface area contributed by atoms with E-state index in [1.807, 2.05) is 6.92 Å².